The second-order valence-electron chi connectivity index (χ2n) is 4.89. The summed E-state index contributed by atoms with van der Waals surface area (Å²) >= 11 is 0. The van der Waals surface area contributed by atoms with Gasteiger partial charge in [-0.2, -0.15) is 5.10 Å². The predicted molar refractivity (Wildman–Crippen MR) is 79.9 cm³/mol. The Labute approximate surface area is 122 Å². The van der Waals surface area contributed by atoms with Gasteiger partial charge in [0.2, 0.25) is 5.88 Å². The van der Waals surface area contributed by atoms with Gasteiger partial charge in [0.05, 0.1) is 29.9 Å². The third-order valence-electron chi connectivity index (χ3n) is 3.53. The number of nitrogens with zero attached hydrogens (tertiary/aromatic N) is 4. The first kappa shape index (κ1) is 13.5. The molecule has 6 heteroatoms. The lowest BCUT2D eigenvalue weighted by molar-refractivity contribution is 0.390. The Hall–Kier alpha value is -2.47. The van der Waals surface area contributed by atoms with Gasteiger partial charge in [-0.1, -0.05) is 12.1 Å². The van der Waals surface area contributed by atoms with E-state index >= 15 is 0 Å². The van der Waals surface area contributed by atoms with Gasteiger partial charge in [0.25, 0.3) is 0 Å². The highest BCUT2D eigenvalue weighted by molar-refractivity contribution is 5.75. The van der Waals surface area contributed by atoms with E-state index in [4.69, 9.17) is 10.5 Å². The van der Waals surface area contributed by atoms with Crippen molar-refractivity contribution in [1.29, 1.82) is 0 Å². The molecule has 0 bridgehead atoms. The average molecular weight is 283 g/mol. The molecule has 0 aliphatic heterocycles. The van der Waals surface area contributed by atoms with Crippen molar-refractivity contribution in [2.45, 2.75) is 12.5 Å². The summed E-state index contributed by atoms with van der Waals surface area (Å²) in [6, 6.07) is 11.4. The van der Waals surface area contributed by atoms with E-state index in [2.05, 4.69) is 19.7 Å². The van der Waals surface area contributed by atoms with Crippen LogP contribution in [0, 0.1) is 0 Å². The topological polar surface area (TPSA) is 78.9 Å². The second-order valence-corrected chi connectivity index (χ2v) is 4.89. The highest BCUT2D eigenvalue weighted by Gasteiger charge is 2.14. The maximum absolute atomic E-state index is 6.21. The largest absolute Gasteiger partial charge is 0.480 e. The zero-order chi connectivity index (χ0) is 14.8. The first-order valence-corrected chi connectivity index (χ1v) is 6.72. The fourth-order valence-corrected chi connectivity index (χ4v) is 2.32. The van der Waals surface area contributed by atoms with E-state index in [9.17, 15) is 0 Å². The second kappa shape index (κ2) is 5.49. The van der Waals surface area contributed by atoms with Crippen molar-refractivity contribution in [2.75, 3.05) is 7.11 Å². The van der Waals surface area contributed by atoms with Crippen LogP contribution in [0.4, 0.5) is 0 Å². The number of rotatable bonds is 4. The number of aryl methyl sites for hydroxylation is 1. The maximum atomic E-state index is 6.21. The van der Waals surface area contributed by atoms with Crippen molar-refractivity contribution in [3.05, 3.63) is 47.9 Å². The van der Waals surface area contributed by atoms with E-state index in [0.717, 1.165) is 22.6 Å². The Morgan fingerprint density at radius 3 is 2.67 bits per heavy atom. The highest BCUT2D eigenvalue weighted by Crippen LogP contribution is 2.19. The van der Waals surface area contributed by atoms with Crippen molar-refractivity contribution >= 4 is 11.0 Å². The molecule has 0 amide bonds. The quantitative estimate of drug-likeness (QED) is 0.787. The SMILES string of the molecule is COc1ccc(C(N)Cc2nc3ccccc3n2C)nn1. The van der Waals surface area contributed by atoms with Crippen molar-refractivity contribution in [1.82, 2.24) is 19.7 Å². The van der Waals surface area contributed by atoms with Gasteiger partial charge in [0.15, 0.2) is 0 Å². The molecule has 0 saturated carbocycles. The Morgan fingerprint density at radius 1 is 1.19 bits per heavy atom. The average Bonchev–Trinajstić information content (AvgIpc) is 2.84. The molecule has 0 aliphatic rings. The molecule has 1 aromatic carbocycles. The van der Waals surface area contributed by atoms with E-state index in [-0.39, 0.29) is 6.04 Å². The summed E-state index contributed by atoms with van der Waals surface area (Å²) in [5.74, 6) is 1.41. The molecular weight excluding hydrogens is 266 g/mol. The van der Waals surface area contributed by atoms with Crippen LogP contribution in [0.2, 0.25) is 0 Å². The standard InChI is InChI=1S/C15H17N5O/c1-20-13-6-4-3-5-12(13)17-14(20)9-10(16)11-7-8-15(21-2)19-18-11/h3-8,10H,9,16H2,1-2H3. The van der Waals surface area contributed by atoms with Gasteiger partial charge < -0.3 is 15.0 Å². The number of ether oxygens (including phenoxy) is 1. The molecule has 2 N–H and O–H groups in total. The number of aromatic nitrogens is 4. The lowest BCUT2D eigenvalue weighted by atomic mass is 10.1. The fourth-order valence-electron chi connectivity index (χ4n) is 2.32. The summed E-state index contributed by atoms with van der Waals surface area (Å²) in [4.78, 5) is 4.62. The number of fused-ring (bicyclic) bond motifs is 1. The molecule has 108 valence electrons. The summed E-state index contributed by atoms with van der Waals surface area (Å²) in [6.07, 6.45) is 0.603. The molecule has 3 aromatic rings. The Morgan fingerprint density at radius 2 is 2.00 bits per heavy atom. The lowest BCUT2D eigenvalue weighted by Crippen LogP contribution is -2.17. The molecule has 3 rings (SSSR count). The van der Waals surface area contributed by atoms with Gasteiger partial charge in [-0.05, 0) is 18.2 Å². The van der Waals surface area contributed by atoms with Crippen LogP contribution >= 0.6 is 0 Å². The van der Waals surface area contributed by atoms with Crippen LogP contribution in [0.25, 0.3) is 11.0 Å². The Bertz CT molecular complexity index is 750. The predicted octanol–water partition coefficient (Wildman–Crippen LogP) is 1.61. The summed E-state index contributed by atoms with van der Waals surface area (Å²) in [6.45, 7) is 0. The number of para-hydroxylation sites is 2. The molecular formula is C15H17N5O. The molecule has 2 heterocycles. The van der Waals surface area contributed by atoms with Crippen molar-refractivity contribution < 1.29 is 4.74 Å². The van der Waals surface area contributed by atoms with Crippen LogP contribution in [0.1, 0.15) is 17.6 Å². The van der Waals surface area contributed by atoms with Crippen molar-refractivity contribution in [2.24, 2.45) is 12.8 Å². The zero-order valence-corrected chi connectivity index (χ0v) is 12.0. The summed E-state index contributed by atoms with van der Waals surface area (Å²) in [5.41, 5.74) is 9.01. The normalized spacial score (nSPS) is 12.5. The molecule has 0 radical (unpaired) electrons. The number of benzene rings is 1. The number of methoxy groups -OCH3 is 1. The molecule has 0 spiro atoms. The van der Waals surface area contributed by atoms with Crippen LogP contribution < -0.4 is 10.5 Å². The van der Waals surface area contributed by atoms with Gasteiger partial charge in [0, 0.05) is 19.5 Å². The van der Waals surface area contributed by atoms with Gasteiger partial charge in [-0.15, -0.1) is 5.10 Å². The van der Waals surface area contributed by atoms with Crippen LogP contribution in [0.15, 0.2) is 36.4 Å². The van der Waals surface area contributed by atoms with E-state index in [0.29, 0.717) is 12.3 Å². The van der Waals surface area contributed by atoms with Crippen LogP contribution in [-0.2, 0) is 13.5 Å². The minimum atomic E-state index is -0.251. The Kier molecular flexibility index (Phi) is 3.53. The fraction of sp³-hybridized carbons (Fsp3) is 0.267. The Balaban J connectivity index is 1.85. The highest BCUT2D eigenvalue weighted by atomic mass is 16.5. The van der Waals surface area contributed by atoms with E-state index < -0.39 is 0 Å². The number of hydrogen-bond donors (Lipinski definition) is 1. The van der Waals surface area contributed by atoms with Crippen molar-refractivity contribution in [3.8, 4) is 5.88 Å². The van der Waals surface area contributed by atoms with Gasteiger partial charge in [-0.25, -0.2) is 4.98 Å². The minimum absolute atomic E-state index is 0.251. The van der Waals surface area contributed by atoms with E-state index in [1.54, 1.807) is 13.2 Å². The van der Waals surface area contributed by atoms with Crippen LogP contribution in [0.5, 0.6) is 5.88 Å². The molecule has 1 unspecified atom stereocenters. The molecule has 0 saturated heterocycles. The lowest BCUT2D eigenvalue weighted by Gasteiger charge is -2.10. The number of hydrogen-bond acceptors (Lipinski definition) is 5. The molecule has 2 aromatic heterocycles. The first-order chi connectivity index (χ1) is 10.2. The monoisotopic (exact) mass is 283 g/mol. The smallest absolute Gasteiger partial charge is 0.233 e. The minimum Gasteiger partial charge on any atom is -0.480 e. The molecule has 1 atom stereocenters. The molecule has 0 aliphatic carbocycles. The molecule has 6 nitrogen and oxygen atoms in total. The molecule has 0 fully saturated rings. The van der Waals surface area contributed by atoms with Gasteiger partial charge >= 0.3 is 0 Å². The van der Waals surface area contributed by atoms with E-state index in [1.807, 2.05) is 37.4 Å². The number of imidazole rings is 1. The number of nitrogens with two attached hydrogens (primary N) is 1. The summed E-state index contributed by atoms with van der Waals surface area (Å²) in [7, 11) is 3.56. The van der Waals surface area contributed by atoms with Gasteiger partial charge in [0.1, 0.15) is 5.82 Å². The summed E-state index contributed by atoms with van der Waals surface area (Å²) < 4.78 is 7.06. The zero-order valence-electron chi connectivity index (χ0n) is 12.0. The van der Waals surface area contributed by atoms with Crippen LogP contribution in [0.3, 0.4) is 0 Å². The van der Waals surface area contributed by atoms with E-state index in [1.165, 1.54) is 0 Å². The third kappa shape index (κ3) is 2.57. The first-order valence-electron chi connectivity index (χ1n) is 6.72. The molecule has 21 heavy (non-hydrogen) atoms. The maximum Gasteiger partial charge on any atom is 0.233 e. The summed E-state index contributed by atoms with van der Waals surface area (Å²) in [5, 5.41) is 8.04. The third-order valence-corrected chi connectivity index (χ3v) is 3.53. The van der Waals surface area contributed by atoms with Gasteiger partial charge in [-0.3, -0.25) is 0 Å². The van der Waals surface area contributed by atoms with Crippen LogP contribution in [-0.4, -0.2) is 26.9 Å². The van der Waals surface area contributed by atoms with Crippen molar-refractivity contribution in [3.63, 3.8) is 0 Å².